The van der Waals surface area contributed by atoms with Gasteiger partial charge in [-0.3, -0.25) is 39.3 Å². The van der Waals surface area contributed by atoms with Crippen LogP contribution in [-0.2, 0) is 13.6 Å². The normalized spacial score (nSPS) is 18.1. The summed E-state index contributed by atoms with van der Waals surface area (Å²) >= 11 is 0. The summed E-state index contributed by atoms with van der Waals surface area (Å²) in [5, 5.41) is 19.8. The predicted molar refractivity (Wildman–Crippen MR) is 293 cm³/mol. The van der Waals surface area contributed by atoms with Crippen LogP contribution in [0.4, 0.5) is 20.3 Å². The highest BCUT2D eigenvalue weighted by atomic mass is 19.1. The molecule has 2 unspecified atom stereocenters. The van der Waals surface area contributed by atoms with Crippen molar-refractivity contribution in [2.24, 2.45) is 7.05 Å². The van der Waals surface area contributed by atoms with Crippen LogP contribution < -0.4 is 15.5 Å². The summed E-state index contributed by atoms with van der Waals surface area (Å²) in [6.07, 6.45) is 20.9. The standard InChI is InChI=1S/C57H54F2N18O/c1-74-40-29-64-45(35-23-32(25-60-26-35)30-75-18-8-9-19-75)43(58)41(40)52(73-74)54-67-39-15-17-63-56(49(39)70-54)77-22-10-13-34(31-77)47-50-42(44(59)46(68-47)36-24-37(28-61-27-36)65-57(78)33-11-4-2-5-12-33)51(72-71-50)53-66-38-14-16-62-55(48(38)69-53)76-20-6-3-7-21-76/h2,4-5,11-12,14-17,23-29,34,55,62H,3,6-10,13,18-22,30-31H2,1H3,(H,65,78)(H,66,69)(H,67,70)(H,71,72). The van der Waals surface area contributed by atoms with Crippen molar-refractivity contribution in [3.05, 3.63) is 132 Å². The Morgan fingerprint density at radius 3 is 2.44 bits per heavy atom. The molecule has 0 bridgehead atoms. The number of fused-ring (bicyclic) bond motifs is 4. The van der Waals surface area contributed by atoms with Crippen LogP contribution in [0.15, 0.2) is 91.9 Å². The van der Waals surface area contributed by atoms with Gasteiger partial charge in [0.15, 0.2) is 29.1 Å². The maximum atomic E-state index is 17.8. The van der Waals surface area contributed by atoms with Crippen molar-refractivity contribution < 1.29 is 13.6 Å². The first-order chi connectivity index (χ1) is 38.3. The van der Waals surface area contributed by atoms with Gasteiger partial charge in [-0.1, -0.05) is 24.6 Å². The van der Waals surface area contributed by atoms with E-state index in [0.717, 1.165) is 68.9 Å². The van der Waals surface area contributed by atoms with Crippen LogP contribution in [0.2, 0.25) is 0 Å². The molecule has 0 aliphatic carbocycles. The zero-order valence-electron chi connectivity index (χ0n) is 42.8. The minimum absolute atomic E-state index is 0.0565. The summed E-state index contributed by atoms with van der Waals surface area (Å²) < 4.78 is 36.4. The van der Waals surface area contributed by atoms with E-state index in [1.807, 2.05) is 36.7 Å². The zero-order chi connectivity index (χ0) is 52.4. The third-order valence-corrected chi connectivity index (χ3v) is 15.7. The van der Waals surface area contributed by atoms with Gasteiger partial charge in [-0.15, -0.1) is 0 Å². The molecule has 392 valence electrons. The highest BCUT2D eigenvalue weighted by Gasteiger charge is 2.34. The largest absolute Gasteiger partial charge is 0.371 e. The van der Waals surface area contributed by atoms with E-state index in [1.54, 1.807) is 66.8 Å². The monoisotopic (exact) mass is 1040 g/mol. The molecule has 21 heteroatoms. The molecular formula is C57H54F2N18O. The lowest BCUT2D eigenvalue weighted by molar-refractivity contribution is 0.102. The van der Waals surface area contributed by atoms with Crippen LogP contribution in [0.5, 0.6) is 0 Å². The smallest absolute Gasteiger partial charge is 0.255 e. The molecule has 9 aromatic heterocycles. The number of aromatic nitrogens is 13. The predicted octanol–water partition coefficient (Wildman–Crippen LogP) is 9.26. The number of H-pyrrole nitrogens is 3. The lowest BCUT2D eigenvalue weighted by Gasteiger charge is -2.35. The van der Waals surface area contributed by atoms with Gasteiger partial charge < -0.3 is 25.5 Å². The molecule has 1 amide bonds. The number of amides is 1. The number of carbonyl (C=O) groups is 1. The average Bonchev–Trinajstić information content (AvgIpc) is 4.39. The number of pyridine rings is 5. The van der Waals surface area contributed by atoms with E-state index in [9.17, 15) is 4.79 Å². The Kier molecular flexibility index (Phi) is 12.0. The molecule has 0 spiro atoms. The minimum atomic E-state index is -0.603. The molecule has 4 aliphatic rings. The van der Waals surface area contributed by atoms with Crippen molar-refractivity contribution in [2.45, 2.75) is 63.6 Å². The number of anilines is 2. The van der Waals surface area contributed by atoms with Crippen LogP contribution in [0.25, 0.3) is 84.5 Å². The lowest BCUT2D eigenvalue weighted by Crippen LogP contribution is -2.41. The molecule has 5 N–H and O–H groups in total. The molecule has 3 fully saturated rings. The first kappa shape index (κ1) is 47.6. The van der Waals surface area contributed by atoms with Crippen molar-refractivity contribution in [3.63, 3.8) is 0 Å². The molecule has 0 radical (unpaired) electrons. The number of hydrogen-bond donors (Lipinski definition) is 5. The third kappa shape index (κ3) is 8.49. The van der Waals surface area contributed by atoms with E-state index >= 15 is 8.78 Å². The van der Waals surface area contributed by atoms with Crippen molar-refractivity contribution in [1.29, 1.82) is 0 Å². The van der Waals surface area contributed by atoms with E-state index in [4.69, 9.17) is 30.1 Å². The number of imidazole rings is 2. The van der Waals surface area contributed by atoms with E-state index in [0.29, 0.717) is 104 Å². The number of aryl methyl sites for hydroxylation is 1. The fraction of sp³-hybridized carbons (Fsp3) is 0.298. The summed E-state index contributed by atoms with van der Waals surface area (Å²) in [6.45, 7) is 5.83. The average molecular weight is 1050 g/mol. The van der Waals surface area contributed by atoms with Gasteiger partial charge >= 0.3 is 0 Å². The number of halogens is 2. The highest BCUT2D eigenvalue weighted by Crippen LogP contribution is 2.42. The first-order valence-electron chi connectivity index (χ1n) is 26.7. The van der Waals surface area contributed by atoms with Crippen LogP contribution in [-0.4, -0.2) is 120 Å². The lowest BCUT2D eigenvalue weighted by atomic mass is 9.92. The number of rotatable bonds is 11. The zero-order valence-corrected chi connectivity index (χ0v) is 42.8. The second-order valence-electron chi connectivity index (χ2n) is 20.8. The second kappa shape index (κ2) is 19.6. The molecule has 4 aliphatic heterocycles. The SMILES string of the molecule is Cn1nc(-c2nc3c(N4CCCC(c5nc(-c6cncc(NC(=O)c7ccccc7)c6)c(F)c6c(-c7nc8c([nH]7)C(N7CCCCC7)NC=C8)[nH]nc56)C4)nccc3[nH]2)c2c(F)c(-c3cncc(CN4CCCC4)c3)ncc21. The van der Waals surface area contributed by atoms with Crippen LogP contribution in [0.1, 0.15) is 90.0 Å². The summed E-state index contributed by atoms with van der Waals surface area (Å²) in [4.78, 5) is 61.0. The molecule has 10 aromatic rings. The maximum absolute atomic E-state index is 17.8. The van der Waals surface area contributed by atoms with Crippen molar-refractivity contribution in [2.75, 3.05) is 49.5 Å². The summed E-state index contributed by atoms with van der Waals surface area (Å²) in [5.41, 5.74) is 8.26. The number of benzene rings is 1. The Balaban J connectivity index is 0.827. The van der Waals surface area contributed by atoms with E-state index in [1.165, 1.54) is 25.5 Å². The molecule has 13 heterocycles. The molecule has 78 heavy (non-hydrogen) atoms. The summed E-state index contributed by atoms with van der Waals surface area (Å²) in [6, 6.07) is 14.4. The fourth-order valence-electron chi connectivity index (χ4n) is 11.9. The number of carbonyl (C=O) groups excluding carboxylic acids is 1. The maximum Gasteiger partial charge on any atom is 0.255 e. The van der Waals surface area contributed by atoms with Crippen LogP contribution >= 0.6 is 0 Å². The minimum Gasteiger partial charge on any atom is -0.371 e. The van der Waals surface area contributed by atoms with E-state index in [2.05, 4.69) is 55.4 Å². The Hall–Kier alpha value is -8.82. The molecule has 1 aromatic carbocycles. The van der Waals surface area contributed by atoms with Crippen molar-refractivity contribution >= 4 is 56.3 Å². The first-order valence-corrected chi connectivity index (χ1v) is 26.7. The van der Waals surface area contributed by atoms with Crippen LogP contribution in [0, 0.1) is 11.6 Å². The number of aromatic amines is 3. The van der Waals surface area contributed by atoms with E-state index in [-0.39, 0.29) is 34.8 Å². The Bertz CT molecular complexity index is 3960. The van der Waals surface area contributed by atoms with Gasteiger partial charge in [-0.05, 0) is 93.6 Å². The van der Waals surface area contributed by atoms with Gasteiger partial charge in [-0.2, -0.15) is 10.2 Å². The number of piperidine rings is 2. The molecule has 19 nitrogen and oxygen atoms in total. The van der Waals surface area contributed by atoms with Gasteiger partial charge in [-0.25, -0.2) is 28.7 Å². The van der Waals surface area contributed by atoms with Gasteiger partial charge in [0.2, 0.25) is 0 Å². The number of nitrogens with zero attached hydrogens (tertiary/aromatic N) is 13. The summed E-state index contributed by atoms with van der Waals surface area (Å²) in [5.74, 6) is -0.234. The molecule has 0 saturated carbocycles. The topological polar surface area (TPSA) is 219 Å². The molecule has 14 rings (SSSR count). The Morgan fingerprint density at radius 1 is 0.769 bits per heavy atom. The third-order valence-electron chi connectivity index (χ3n) is 15.7. The van der Waals surface area contributed by atoms with Gasteiger partial charge in [0.25, 0.3) is 5.91 Å². The van der Waals surface area contributed by atoms with Gasteiger partial charge in [0, 0.05) is 93.4 Å². The fourth-order valence-corrected chi connectivity index (χ4v) is 11.9. The number of nitrogens with one attached hydrogen (secondary N) is 5. The molecular weight excluding hydrogens is 991 g/mol. The second-order valence-corrected chi connectivity index (χ2v) is 20.8. The van der Waals surface area contributed by atoms with Gasteiger partial charge in [0.1, 0.15) is 40.0 Å². The van der Waals surface area contributed by atoms with Crippen molar-refractivity contribution in [3.8, 4) is 45.6 Å². The van der Waals surface area contributed by atoms with Gasteiger partial charge in [0.05, 0.1) is 57.0 Å². The number of likely N-dealkylation sites (tertiary alicyclic amines) is 2. The quantitative estimate of drug-likeness (QED) is 0.0816. The number of hydrogen-bond acceptors (Lipinski definition) is 14. The highest BCUT2D eigenvalue weighted by molar-refractivity contribution is 6.04. The summed E-state index contributed by atoms with van der Waals surface area (Å²) in [7, 11) is 1.77. The van der Waals surface area contributed by atoms with Crippen LogP contribution in [0.3, 0.4) is 0 Å². The Morgan fingerprint density at radius 2 is 1.58 bits per heavy atom. The molecule has 2 atom stereocenters. The molecule has 3 saturated heterocycles. The van der Waals surface area contributed by atoms with E-state index < -0.39 is 11.6 Å². The Labute approximate surface area is 445 Å². The van der Waals surface area contributed by atoms with Crippen molar-refractivity contribution in [1.82, 2.24) is 80.0 Å².